The molecular weight excluding hydrogens is 480 g/mol. The van der Waals surface area contributed by atoms with Gasteiger partial charge in [0.05, 0.1) is 22.8 Å². The van der Waals surface area contributed by atoms with Crippen LogP contribution in [-0.4, -0.2) is 65.8 Å². The van der Waals surface area contributed by atoms with Crippen LogP contribution in [0.4, 0.5) is 0 Å². The zero-order valence-corrected chi connectivity index (χ0v) is 20.2. The Morgan fingerprint density at radius 2 is 2.19 bits per heavy atom. The summed E-state index contributed by atoms with van der Waals surface area (Å²) < 4.78 is 152. The van der Waals surface area contributed by atoms with Crippen LogP contribution in [0.2, 0.25) is 0 Å². The molecule has 10 nitrogen and oxygen atoms in total. The van der Waals surface area contributed by atoms with Crippen molar-refractivity contribution in [3.63, 3.8) is 0 Å². The third kappa shape index (κ3) is 5.47. The fourth-order valence-corrected chi connectivity index (χ4v) is 4.98. The van der Waals surface area contributed by atoms with Gasteiger partial charge >= 0.3 is 0 Å². The first-order valence-electron chi connectivity index (χ1n) is 18.5. The lowest BCUT2D eigenvalue weighted by molar-refractivity contribution is 0.297. The first-order valence-corrected chi connectivity index (χ1v) is 12.5. The Morgan fingerprint density at radius 3 is 2.94 bits per heavy atom. The maximum absolute atomic E-state index is 13.5. The quantitative estimate of drug-likeness (QED) is 0.390. The summed E-state index contributed by atoms with van der Waals surface area (Å²) in [6.07, 6.45) is -5.69. The molecule has 36 heavy (non-hydrogen) atoms. The Balaban J connectivity index is 1.91. The van der Waals surface area contributed by atoms with E-state index in [9.17, 15) is 13.2 Å². The Hall–Kier alpha value is -2.76. The first kappa shape index (κ1) is 13.2. The van der Waals surface area contributed by atoms with Gasteiger partial charge in [0.1, 0.15) is 17.1 Å². The second-order valence-corrected chi connectivity index (χ2v) is 9.89. The van der Waals surface area contributed by atoms with E-state index in [1.807, 2.05) is 9.62 Å². The minimum absolute atomic E-state index is 0.188. The van der Waals surface area contributed by atoms with Crippen LogP contribution in [0.1, 0.15) is 72.0 Å². The monoisotopic (exact) mass is 531 g/mol. The van der Waals surface area contributed by atoms with Gasteiger partial charge < -0.3 is 14.6 Å². The van der Waals surface area contributed by atoms with Gasteiger partial charge in [0.15, 0.2) is 5.52 Å². The number of rotatable bonds is 11. The van der Waals surface area contributed by atoms with E-state index in [1.54, 1.807) is 7.05 Å². The van der Waals surface area contributed by atoms with Crippen molar-refractivity contribution < 1.29 is 33.7 Å². The number of hydrogen-bond acceptors (Lipinski definition) is 7. The summed E-state index contributed by atoms with van der Waals surface area (Å²) in [6.45, 7) is -12.3. The second kappa shape index (κ2) is 11.1. The van der Waals surface area contributed by atoms with Crippen molar-refractivity contribution in [1.29, 1.82) is 0 Å². The van der Waals surface area contributed by atoms with Gasteiger partial charge in [0, 0.05) is 40.1 Å². The van der Waals surface area contributed by atoms with Gasteiger partial charge in [0.25, 0.3) is 5.56 Å². The molecule has 0 spiro atoms. The molecule has 11 heteroatoms. The van der Waals surface area contributed by atoms with Crippen molar-refractivity contribution in [1.82, 2.24) is 29.4 Å². The van der Waals surface area contributed by atoms with Crippen LogP contribution in [0.3, 0.4) is 0 Å². The summed E-state index contributed by atoms with van der Waals surface area (Å²) >= 11 is 0. The number of aromatic amines is 1. The summed E-state index contributed by atoms with van der Waals surface area (Å²) in [4.78, 5) is 21.3. The van der Waals surface area contributed by atoms with Crippen LogP contribution in [0.25, 0.3) is 22.4 Å². The largest absolute Gasteiger partial charge is 0.493 e. The zero-order chi connectivity index (χ0) is 38.8. The van der Waals surface area contributed by atoms with E-state index in [2.05, 4.69) is 15.1 Å². The third-order valence-corrected chi connectivity index (χ3v) is 7.18. The Kier molecular flexibility index (Phi) is 4.06. The van der Waals surface area contributed by atoms with Crippen LogP contribution >= 0.6 is 0 Å². The number of nitrogens with zero attached hydrogens (tertiary/aromatic N) is 4. The molecule has 1 unspecified atom stereocenters. The number of likely N-dealkylation sites (tertiary alicyclic amines) is 1. The maximum Gasteiger partial charge on any atom is 0.277 e. The number of sulfonamides is 1. The smallest absolute Gasteiger partial charge is 0.277 e. The number of ether oxygens (including phenoxy) is 1. The van der Waals surface area contributed by atoms with Crippen LogP contribution in [0.15, 0.2) is 27.9 Å². The topological polar surface area (TPSA) is 122 Å². The molecular formula is C25H36N6O4S. The minimum atomic E-state index is -4.69. The number of aromatic nitrogens is 4. The normalized spacial score (nSPS) is 25.1. The van der Waals surface area contributed by atoms with Crippen molar-refractivity contribution in [3.8, 4) is 17.1 Å². The Morgan fingerprint density at radius 1 is 1.33 bits per heavy atom. The van der Waals surface area contributed by atoms with E-state index in [-0.39, 0.29) is 17.1 Å². The molecule has 1 aromatic carbocycles. The van der Waals surface area contributed by atoms with Gasteiger partial charge in [-0.2, -0.15) is 5.10 Å². The van der Waals surface area contributed by atoms with E-state index in [1.165, 1.54) is 0 Å². The maximum atomic E-state index is 13.5. The summed E-state index contributed by atoms with van der Waals surface area (Å²) in [5.74, 6) is -0.979. The number of benzene rings is 1. The van der Waals surface area contributed by atoms with Crippen molar-refractivity contribution in [3.05, 3.63) is 34.2 Å². The first-order chi connectivity index (χ1) is 23.0. The molecule has 2 aromatic heterocycles. The van der Waals surface area contributed by atoms with Gasteiger partial charge in [-0.3, -0.25) is 9.48 Å². The highest BCUT2D eigenvalue weighted by molar-refractivity contribution is 7.89. The number of H-pyrrole nitrogens is 1. The van der Waals surface area contributed by atoms with Gasteiger partial charge in [-0.15, -0.1) is 0 Å². The molecule has 1 aliphatic heterocycles. The van der Waals surface area contributed by atoms with Crippen molar-refractivity contribution in [2.45, 2.75) is 63.1 Å². The lowest BCUT2D eigenvalue weighted by atomic mass is 10.1. The number of fused-ring (bicyclic) bond motifs is 1. The molecule has 196 valence electrons. The van der Waals surface area contributed by atoms with Crippen molar-refractivity contribution >= 4 is 21.1 Å². The van der Waals surface area contributed by atoms with E-state index < -0.39 is 107 Å². The summed E-state index contributed by atoms with van der Waals surface area (Å²) in [7, 11) is -2.90. The van der Waals surface area contributed by atoms with Crippen LogP contribution in [-0.2, 0) is 23.4 Å². The number of aryl methyl sites for hydroxylation is 2. The molecule has 4 rings (SSSR count). The summed E-state index contributed by atoms with van der Waals surface area (Å²) in [5, 5.41) is 3.80. The fourth-order valence-electron chi connectivity index (χ4n) is 4.06. The molecule has 0 radical (unpaired) electrons. The molecule has 2 N–H and O–H groups in total. The van der Waals surface area contributed by atoms with Crippen LogP contribution in [0.5, 0.6) is 5.75 Å². The lowest BCUT2D eigenvalue weighted by Crippen LogP contribution is -2.31. The number of nitrogens with one attached hydrogen (secondary N) is 2. The van der Waals surface area contributed by atoms with Gasteiger partial charge in [-0.25, -0.2) is 18.1 Å². The Bertz CT molecular complexity index is 1940. The highest BCUT2D eigenvalue weighted by Gasteiger charge is 2.23. The van der Waals surface area contributed by atoms with Gasteiger partial charge in [-0.1, -0.05) is 20.1 Å². The Labute approximate surface area is 233 Å². The summed E-state index contributed by atoms with van der Waals surface area (Å²) in [6, 6.07) is 2.58. The van der Waals surface area contributed by atoms with Gasteiger partial charge in [-0.05, 0) is 63.8 Å². The number of hydrogen-bond donors (Lipinski definition) is 2. The third-order valence-electron chi connectivity index (χ3n) is 5.89. The van der Waals surface area contributed by atoms with E-state index in [0.717, 1.165) is 24.6 Å². The predicted molar refractivity (Wildman–Crippen MR) is 140 cm³/mol. The standard InChI is InChI=1S/C25H36N6O4S/c1-5-8-20-22-23(31(4)29-20)25(32)28-24(27-22)19-16-18(10-11-21(19)35-15-6-2)36(33,34)26-13-12-17-9-7-14-30(17)3/h10-11,16-17,26H,5-9,12-15H2,1-4H3,(H,27,28,32)/i1D3,2D3,4D3,5D2,6D2,13D2. The van der Waals surface area contributed by atoms with E-state index >= 15 is 0 Å². The van der Waals surface area contributed by atoms with Crippen LogP contribution in [0, 0.1) is 0 Å². The van der Waals surface area contributed by atoms with Gasteiger partial charge in [0.2, 0.25) is 10.0 Å². The van der Waals surface area contributed by atoms with Crippen molar-refractivity contribution in [2.24, 2.45) is 6.98 Å². The zero-order valence-electron chi connectivity index (χ0n) is 34.4. The SMILES string of the molecule is [2H]C([2H])(CC1CCCN1C)NS(=O)(=O)c1ccc(OCC([2H])([2H])C([2H])([2H])[2H])c(-c2nc3c(CC([2H])([2H])C([2H])([2H])[2H])nn(C([2H])([2H])[2H])c3c(=O)[nH]2)c1. The van der Waals surface area contributed by atoms with E-state index in [4.69, 9.17) is 25.3 Å². The summed E-state index contributed by atoms with van der Waals surface area (Å²) in [5.41, 5.74) is -3.42. The molecule has 0 aliphatic carbocycles. The lowest BCUT2D eigenvalue weighted by Gasteiger charge is -2.19. The molecule has 3 aromatic rings. The molecule has 1 aliphatic rings. The van der Waals surface area contributed by atoms with Crippen molar-refractivity contribution in [2.75, 3.05) is 26.7 Å². The molecule has 1 atom stereocenters. The van der Waals surface area contributed by atoms with E-state index in [0.29, 0.717) is 13.0 Å². The minimum Gasteiger partial charge on any atom is -0.493 e. The molecule has 1 saturated heterocycles. The fraction of sp³-hybridized carbons (Fsp3) is 0.560. The molecule has 0 bridgehead atoms. The van der Waals surface area contributed by atoms with Crippen LogP contribution < -0.4 is 15.0 Å². The average Bonchev–Trinajstić information content (AvgIpc) is 3.52. The average molecular weight is 532 g/mol. The highest BCUT2D eigenvalue weighted by Crippen LogP contribution is 2.31. The second-order valence-electron chi connectivity index (χ2n) is 8.21. The molecule has 0 saturated carbocycles. The highest BCUT2D eigenvalue weighted by atomic mass is 32.2. The molecule has 1 fully saturated rings. The predicted octanol–water partition coefficient (Wildman–Crippen LogP) is 2.83. The molecule has 3 heterocycles. The molecule has 0 amide bonds.